The molecule has 5 aromatic rings. The van der Waals surface area contributed by atoms with Crippen molar-refractivity contribution >= 4 is 55.9 Å². The standard InChI is InChI=1S/C44H47N9O7S/c54-38-9-8-36(42(55)46-38)53-25-29-20-32(4-7-35(29)43(53)56)50-16-10-28(23-50)22-49-17-12-44(13-18-49)26-51(27-44)31-2-5-33(6-3-31)61(57,58)48-41-39-37(60-47-41)21-30(24-52-15-1-14-45-52)34-11-19-59-40(34)39/h1-7,14-15,20-21,28,36H,8-13,16-19,22-27H2,(H,47,48)(H,46,54,55)/t28-,36-/m0/s1. The number of piperidine rings is 2. The number of hydrogen-bond donors (Lipinski definition) is 2. The molecule has 4 fully saturated rings. The zero-order chi connectivity index (χ0) is 41.5. The van der Waals surface area contributed by atoms with Gasteiger partial charge in [0.05, 0.1) is 18.0 Å². The maximum atomic E-state index is 13.6. The summed E-state index contributed by atoms with van der Waals surface area (Å²) < 4.78 is 43.3. The maximum Gasteiger partial charge on any atom is 0.263 e. The fourth-order valence-electron chi connectivity index (χ4n) is 10.5. The lowest BCUT2D eigenvalue weighted by atomic mass is 9.71. The van der Waals surface area contributed by atoms with Gasteiger partial charge in [0.1, 0.15) is 17.2 Å². The number of fused-ring (bicyclic) bond motifs is 4. The Morgan fingerprint density at radius 1 is 0.934 bits per heavy atom. The fourth-order valence-corrected chi connectivity index (χ4v) is 11.5. The van der Waals surface area contributed by atoms with Gasteiger partial charge in [0.25, 0.3) is 15.9 Å². The highest BCUT2D eigenvalue weighted by molar-refractivity contribution is 7.92. The number of hydrogen-bond acceptors (Lipinski definition) is 12. The van der Waals surface area contributed by atoms with Gasteiger partial charge in [-0.1, -0.05) is 5.16 Å². The highest BCUT2D eigenvalue weighted by atomic mass is 32.2. The Morgan fingerprint density at radius 2 is 1.75 bits per heavy atom. The van der Waals surface area contributed by atoms with Crippen LogP contribution >= 0.6 is 0 Å². The first kappa shape index (κ1) is 38.0. The number of ether oxygens (including phenoxy) is 1. The third-order valence-electron chi connectivity index (χ3n) is 13.8. The van der Waals surface area contributed by atoms with Crippen LogP contribution < -0.4 is 24.6 Å². The molecule has 0 bridgehead atoms. The minimum absolute atomic E-state index is 0.114. The van der Waals surface area contributed by atoms with Gasteiger partial charge in [0.2, 0.25) is 11.8 Å². The smallest absolute Gasteiger partial charge is 0.263 e. The number of amides is 3. The van der Waals surface area contributed by atoms with Crippen LogP contribution in [0.5, 0.6) is 5.75 Å². The predicted octanol–water partition coefficient (Wildman–Crippen LogP) is 4.00. The van der Waals surface area contributed by atoms with Gasteiger partial charge in [-0.25, -0.2) is 8.42 Å². The summed E-state index contributed by atoms with van der Waals surface area (Å²) in [6.07, 6.45) is 8.34. The molecule has 4 saturated heterocycles. The van der Waals surface area contributed by atoms with E-state index in [4.69, 9.17) is 9.26 Å². The quantitative estimate of drug-likeness (QED) is 0.194. The second-order valence-corrected chi connectivity index (χ2v) is 19.3. The second kappa shape index (κ2) is 14.6. The number of likely N-dealkylation sites (tertiary alicyclic amines) is 1. The van der Waals surface area contributed by atoms with Crippen LogP contribution in [0.2, 0.25) is 0 Å². The van der Waals surface area contributed by atoms with Crippen LogP contribution in [-0.2, 0) is 39.1 Å². The largest absolute Gasteiger partial charge is 0.492 e. The van der Waals surface area contributed by atoms with E-state index >= 15 is 0 Å². The Hall–Kier alpha value is -5.94. The summed E-state index contributed by atoms with van der Waals surface area (Å²) in [5.41, 5.74) is 6.46. The molecule has 3 aromatic carbocycles. The molecular weight excluding hydrogens is 799 g/mol. The van der Waals surface area contributed by atoms with Crippen molar-refractivity contribution in [3.05, 3.63) is 89.2 Å². The third-order valence-corrected chi connectivity index (χ3v) is 15.1. The molecule has 0 unspecified atom stereocenters. The van der Waals surface area contributed by atoms with Crippen molar-refractivity contribution in [3.63, 3.8) is 0 Å². The number of carbonyl (C=O) groups excluding carboxylic acids is 3. The third kappa shape index (κ3) is 6.87. The SMILES string of the molecule is O=C1CC[C@H](N2Cc3cc(N4CC[C@@H](CN5CCC6(CC5)CN(c5ccc(S(=O)(=O)Nc7noc8cc(Cn9cccn9)c9c(c78)OCC9)cc5)C6)C4)ccc3C2=O)C(=O)N1. The summed E-state index contributed by atoms with van der Waals surface area (Å²) in [7, 11) is -3.95. The summed E-state index contributed by atoms with van der Waals surface area (Å²) in [6, 6.07) is 16.3. The Kier molecular flexibility index (Phi) is 9.11. The Labute approximate surface area is 352 Å². The van der Waals surface area contributed by atoms with Crippen molar-refractivity contribution in [2.75, 3.05) is 66.9 Å². The Morgan fingerprint density at radius 3 is 2.54 bits per heavy atom. The minimum Gasteiger partial charge on any atom is -0.492 e. The van der Waals surface area contributed by atoms with Crippen LogP contribution in [-0.4, -0.2) is 109 Å². The molecule has 6 aliphatic rings. The van der Waals surface area contributed by atoms with E-state index in [-0.39, 0.29) is 40.3 Å². The zero-order valence-electron chi connectivity index (χ0n) is 33.7. The van der Waals surface area contributed by atoms with Gasteiger partial charge in [-0.05, 0) is 110 Å². The molecule has 316 valence electrons. The van der Waals surface area contributed by atoms with Crippen LogP contribution in [0.25, 0.3) is 11.0 Å². The summed E-state index contributed by atoms with van der Waals surface area (Å²) >= 11 is 0. The van der Waals surface area contributed by atoms with Crippen LogP contribution in [0.15, 0.2) is 76.4 Å². The molecule has 11 rings (SSSR count). The summed E-state index contributed by atoms with van der Waals surface area (Å²) in [5, 5.41) is 11.3. The normalized spacial score (nSPS) is 22.4. The maximum absolute atomic E-state index is 13.6. The number of sulfonamides is 1. The molecule has 2 N–H and O–H groups in total. The van der Waals surface area contributed by atoms with Crippen molar-refractivity contribution in [1.82, 2.24) is 30.1 Å². The summed E-state index contributed by atoms with van der Waals surface area (Å²) in [4.78, 5) is 46.4. The molecule has 0 aliphatic carbocycles. The number of nitrogens with one attached hydrogen (secondary N) is 2. The number of nitrogens with zero attached hydrogens (tertiary/aromatic N) is 7. The molecule has 61 heavy (non-hydrogen) atoms. The van der Waals surface area contributed by atoms with Crippen molar-refractivity contribution in [1.29, 1.82) is 0 Å². The number of benzene rings is 3. The molecule has 6 aliphatic heterocycles. The number of imide groups is 1. The van der Waals surface area contributed by atoms with Crippen LogP contribution in [0.1, 0.15) is 59.2 Å². The molecule has 3 amide bonds. The van der Waals surface area contributed by atoms with Gasteiger partial charge in [0, 0.05) is 92.4 Å². The van der Waals surface area contributed by atoms with Crippen molar-refractivity contribution in [2.45, 2.75) is 62.6 Å². The topological polar surface area (TPSA) is 175 Å². The Bertz CT molecular complexity index is 2670. The van der Waals surface area contributed by atoms with Gasteiger partial charge in [-0.2, -0.15) is 5.10 Å². The zero-order valence-corrected chi connectivity index (χ0v) is 34.5. The fraction of sp³-hybridized carbons (Fsp3) is 0.432. The van der Waals surface area contributed by atoms with E-state index < -0.39 is 16.1 Å². The number of anilines is 3. The Balaban J connectivity index is 0.665. The molecule has 1 spiro atoms. The molecule has 17 heteroatoms. The molecule has 2 aromatic heterocycles. The summed E-state index contributed by atoms with van der Waals surface area (Å²) in [6.45, 7) is 8.51. The van der Waals surface area contributed by atoms with Gasteiger partial charge >= 0.3 is 0 Å². The first-order valence-corrected chi connectivity index (χ1v) is 22.7. The van der Waals surface area contributed by atoms with Gasteiger partial charge in [-0.15, -0.1) is 0 Å². The highest BCUT2D eigenvalue weighted by Gasteiger charge is 2.45. The predicted molar refractivity (Wildman–Crippen MR) is 225 cm³/mol. The number of aromatic nitrogens is 3. The van der Waals surface area contributed by atoms with E-state index in [0.29, 0.717) is 60.7 Å². The van der Waals surface area contributed by atoms with Gasteiger partial charge < -0.3 is 28.9 Å². The molecule has 8 heterocycles. The monoisotopic (exact) mass is 845 g/mol. The minimum atomic E-state index is -3.95. The lowest BCUT2D eigenvalue weighted by Gasteiger charge is -2.55. The van der Waals surface area contributed by atoms with E-state index in [1.807, 2.05) is 47.3 Å². The van der Waals surface area contributed by atoms with E-state index in [1.54, 1.807) is 23.2 Å². The lowest BCUT2D eigenvalue weighted by Crippen LogP contribution is -2.60. The molecule has 2 atom stereocenters. The van der Waals surface area contributed by atoms with Crippen molar-refractivity contribution in [3.8, 4) is 5.75 Å². The first-order chi connectivity index (χ1) is 29.6. The number of carbonyl (C=O) groups is 3. The van der Waals surface area contributed by atoms with Gasteiger partial charge in [-0.3, -0.25) is 29.1 Å². The van der Waals surface area contributed by atoms with Crippen LogP contribution in [0, 0.1) is 11.3 Å². The van der Waals surface area contributed by atoms with E-state index in [1.165, 1.54) is 0 Å². The van der Waals surface area contributed by atoms with Crippen molar-refractivity contribution in [2.24, 2.45) is 11.3 Å². The molecular formula is C44H47N9O7S. The average Bonchev–Trinajstić information content (AvgIpc) is 4.10. The van der Waals surface area contributed by atoms with Crippen LogP contribution in [0.3, 0.4) is 0 Å². The van der Waals surface area contributed by atoms with E-state index in [9.17, 15) is 22.8 Å². The van der Waals surface area contributed by atoms with E-state index in [2.05, 4.69) is 41.1 Å². The first-order valence-electron chi connectivity index (χ1n) is 21.3. The van der Waals surface area contributed by atoms with Crippen LogP contribution in [0.4, 0.5) is 17.2 Å². The van der Waals surface area contributed by atoms with Crippen molar-refractivity contribution < 1.29 is 32.1 Å². The lowest BCUT2D eigenvalue weighted by molar-refractivity contribution is -0.136. The second-order valence-electron chi connectivity index (χ2n) is 17.6. The summed E-state index contributed by atoms with van der Waals surface area (Å²) in [5.74, 6) is 0.474. The highest BCUT2D eigenvalue weighted by Crippen LogP contribution is 2.44. The molecule has 0 radical (unpaired) electrons. The average molecular weight is 846 g/mol. The number of rotatable bonds is 10. The van der Waals surface area contributed by atoms with Gasteiger partial charge in [0.15, 0.2) is 11.4 Å². The molecule has 16 nitrogen and oxygen atoms in total. The molecule has 0 saturated carbocycles. The van der Waals surface area contributed by atoms with E-state index in [0.717, 1.165) is 93.1 Å².